The van der Waals surface area contributed by atoms with E-state index in [9.17, 15) is 14.0 Å². The molecule has 5 nitrogen and oxygen atoms in total. The minimum atomic E-state index is -0.335. The number of carbonyl (C=O) groups is 2. The molecule has 0 radical (unpaired) electrons. The van der Waals surface area contributed by atoms with E-state index in [0.29, 0.717) is 31.1 Å². The molecule has 2 amide bonds. The second-order valence-electron chi connectivity index (χ2n) is 7.24. The van der Waals surface area contributed by atoms with Crippen LogP contribution in [0.25, 0.3) is 0 Å². The number of thiazole rings is 1. The maximum absolute atomic E-state index is 13.0. The zero-order chi connectivity index (χ0) is 18.8. The number of aromatic nitrogens is 1. The Balaban J connectivity index is 1.29. The van der Waals surface area contributed by atoms with Crippen molar-refractivity contribution in [1.29, 1.82) is 0 Å². The summed E-state index contributed by atoms with van der Waals surface area (Å²) < 4.78 is 13.0. The average Bonchev–Trinajstić information content (AvgIpc) is 3.44. The van der Waals surface area contributed by atoms with Crippen molar-refractivity contribution in [3.8, 4) is 0 Å². The number of amides is 2. The van der Waals surface area contributed by atoms with Crippen LogP contribution in [0.5, 0.6) is 0 Å². The highest BCUT2D eigenvalue weighted by Gasteiger charge is 2.29. The molecule has 142 valence electrons. The van der Waals surface area contributed by atoms with Crippen molar-refractivity contribution < 1.29 is 14.0 Å². The average molecular weight is 387 g/mol. The smallest absolute Gasteiger partial charge is 0.253 e. The Labute approximate surface area is 161 Å². The predicted molar refractivity (Wildman–Crippen MR) is 101 cm³/mol. The summed E-state index contributed by atoms with van der Waals surface area (Å²) in [5.74, 6) is 0.317. The summed E-state index contributed by atoms with van der Waals surface area (Å²) in [6.07, 6.45) is 3.75. The fourth-order valence-corrected chi connectivity index (χ4v) is 4.35. The minimum absolute atomic E-state index is 0.0453. The Kier molecular flexibility index (Phi) is 5.20. The zero-order valence-corrected chi connectivity index (χ0v) is 15.8. The van der Waals surface area contributed by atoms with Crippen LogP contribution in [0.1, 0.15) is 52.7 Å². The molecule has 27 heavy (non-hydrogen) atoms. The van der Waals surface area contributed by atoms with Gasteiger partial charge >= 0.3 is 0 Å². The van der Waals surface area contributed by atoms with Gasteiger partial charge in [-0.1, -0.05) is 0 Å². The molecule has 2 aliphatic rings. The first-order chi connectivity index (χ1) is 13.1. The first kappa shape index (κ1) is 18.1. The van der Waals surface area contributed by atoms with E-state index in [2.05, 4.69) is 10.3 Å². The van der Waals surface area contributed by atoms with E-state index < -0.39 is 0 Å². The molecule has 2 fully saturated rings. The van der Waals surface area contributed by atoms with E-state index in [1.807, 2.05) is 10.3 Å². The molecule has 2 aromatic rings. The maximum atomic E-state index is 13.0. The van der Waals surface area contributed by atoms with Crippen LogP contribution in [0.4, 0.5) is 4.39 Å². The largest absolute Gasteiger partial charge is 0.350 e. The van der Waals surface area contributed by atoms with E-state index in [0.717, 1.165) is 36.4 Å². The number of halogens is 1. The molecular formula is C20H22FN3O2S. The highest BCUT2D eigenvalue weighted by molar-refractivity contribution is 7.09. The molecule has 1 aromatic heterocycles. The standard InChI is InChI=1S/C20H22FN3O2S/c21-16-5-3-15(4-6-16)20(26)24-9-7-14(8-10-24)19-23-17(12-27-19)11-22-18(25)13-1-2-13/h3-6,12-14H,1-2,7-11H2,(H,22,25). The molecule has 7 heteroatoms. The van der Waals surface area contributed by atoms with Crippen molar-refractivity contribution in [3.63, 3.8) is 0 Å². The quantitative estimate of drug-likeness (QED) is 0.856. The van der Waals surface area contributed by atoms with Gasteiger partial charge in [0.1, 0.15) is 5.82 Å². The van der Waals surface area contributed by atoms with Gasteiger partial charge in [0, 0.05) is 35.9 Å². The van der Waals surface area contributed by atoms with Gasteiger partial charge in [-0.2, -0.15) is 0 Å². The van der Waals surface area contributed by atoms with Crippen molar-refractivity contribution in [2.45, 2.75) is 38.1 Å². The lowest BCUT2D eigenvalue weighted by atomic mass is 9.97. The Morgan fingerprint density at radius 2 is 1.85 bits per heavy atom. The Hall–Kier alpha value is -2.28. The fraction of sp³-hybridized carbons (Fsp3) is 0.450. The van der Waals surface area contributed by atoms with E-state index in [1.54, 1.807) is 11.3 Å². The Bertz CT molecular complexity index is 824. The predicted octanol–water partition coefficient (Wildman–Crippen LogP) is 3.33. The van der Waals surface area contributed by atoms with E-state index >= 15 is 0 Å². The summed E-state index contributed by atoms with van der Waals surface area (Å²) in [7, 11) is 0. The molecular weight excluding hydrogens is 365 g/mol. The number of nitrogens with zero attached hydrogens (tertiary/aromatic N) is 2. The summed E-state index contributed by atoms with van der Waals surface area (Å²) in [5, 5.41) is 6.04. The third-order valence-electron chi connectivity index (χ3n) is 5.18. The normalized spacial score (nSPS) is 17.7. The second kappa shape index (κ2) is 7.76. The van der Waals surface area contributed by atoms with Crippen LogP contribution in [0.15, 0.2) is 29.6 Å². The van der Waals surface area contributed by atoms with Gasteiger partial charge < -0.3 is 10.2 Å². The van der Waals surface area contributed by atoms with E-state index in [-0.39, 0.29) is 23.5 Å². The van der Waals surface area contributed by atoms with Crippen LogP contribution in [-0.2, 0) is 11.3 Å². The molecule has 0 bridgehead atoms. The third-order valence-corrected chi connectivity index (χ3v) is 6.24. The van der Waals surface area contributed by atoms with Gasteiger partial charge in [-0.25, -0.2) is 9.37 Å². The van der Waals surface area contributed by atoms with E-state index in [1.165, 1.54) is 24.3 Å². The molecule has 0 spiro atoms. The first-order valence-electron chi connectivity index (χ1n) is 9.37. The molecule has 1 saturated heterocycles. The van der Waals surface area contributed by atoms with Gasteiger partial charge in [0.25, 0.3) is 5.91 Å². The fourth-order valence-electron chi connectivity index (χ4n) is 3.36. The van der Waals surface area contributed by atoms with Crippen LogP contribution in [0.3, 0.4) is 0 Å². The number of hydrogen-bond acceptors (Lipinski definition) is 4. The van der Waals surface area contributed by atoms with Gasteiger partial charge in [0.05, 0.1) is 17.2 Å². The third kappa shape index (κ3) is 4.35. The molecule has 1 aliphatic carbocycles. The topological polar surface area (TPSA) is 62.3 Å². The van der Waals surface area contributed by atoms with Crippen molar-refractivity contribution in [2.75, 3.05) is 13.1 Å². The summed E-state index contributed by atoms with van der Waals surface area (Å²) >= 11 is 1.63. The van der Waals surface area contributed by atoms with E-state index in [4.69, 9.17) is 0 Å². The molecule has 1 aromatic carbocycles. The summed E-state index contributed by atoms with van der Waals surface area (Å²) in [5.41, 5.74) is 1.44. The molecule has 1 aliphatic heterocycles. The lowest BCUT2D eigenvalue weighted by Gasteiger charge is -2.31. The number of piperidine rings is 1. The monoisotopic (exact) mass is 387 g/mol. The van der Waals surface area contributed by atoms with Gasteiger partial charge in [-0.15, -0.1) is 11.3 Å². The minimum Gasteiger partial charge on any atom is -0.350 e. The molecule has 1 N–H and O–H groups in total. The maximum Gasteiger partial charge on any atom is 0.253 e. The number of carbonyl (C=O) groups excluding carboxylic acids is 2. The number of nitrogens with one attached hydrogen (secondary N) is 1. The molecule has 0 unspecified atom stereocenters. The van der Waals surface area contributed by atoms with Crippen molar-refractivity contribution in [1.82, 2.24) is 15.2 Å². The van der Waals surface area contributed by atoms with Crippen LogP contribution in [-0.4, -0.2) is 34.8 Å². The first-order valence-corrected chi connectivity index (χ1v) is 10.2. The number of benzene rings is 1. The number of likely N-dealkylation sites (tertiary alicyclic amines) is 1. The van der Waals surface area contributed by atoms with Crippen LogP contribution in [0.2, 0.25) is 0 Å². The van der Waals surface area contributed by atoms with Gasteiger partial charge in [-0.05, 0) is 49.9 Å². The Morgan fingerprint density at radius 1 is 1.15 bits per heavy atom. The zero-order valence-electron chi connectivity index (χ0n) is 15.0. The van der Waals surface area contributed by atoms with Crippen molar-refractivity contribution in [3.05, 3.63) is 51.7 Å². The second-order valence-corrected chi connectivity index (χ2v) is 8.13. The molecule has 0 atom stereocenters. The Morgan fingerprint density at radius 3 is 2.52 bits per heavy atom. The van der Waals surface area contributed by atoms with Crippen LogP contribution >= 0.6 is 11.3 Å². The van der Waals surface area contributed by atoms with Gasteiger partial charge in [-0.3, -0.25) is 9.59 Å². The number of hydrogen-bond donors (Lipinski definition) is 1. The molecule has 1 saturated carbocycles. The molecule has 4 rings (SSSR count). The van der Waals surface area contributed by atoms with Gasteiger partial charge in [0.15, 0.2) is 0 Å². The number of rotatable bonds is 5. The van der Waals surface area contributed by atoms with Crippen LogP contribution in [0, 0.1) is 11.7 Å². The summed E-state index contributed by atoms with van der Waals surface area (Å²) in [4.78, 5) is 30.8. The van der Waals surface area contributed by atoms with Crippen molar-refractivity contribution in [2.24, 2.45) is 5.92 Å². The highest BCUT2D eigenvalue weighted by atomic mass is 32.1. The summed E-state index contributed by atoms with van der Waals surface area (Å²) in [6, 6.07) is 5.71. The summed E-state index contributed by atoms with van der Waals surface area (Å²) in [6.45, 7) is 1.84. The lowest BCUT2D eigenvalue weighted by molar-refractivity contribution is -0.122. The molecule has 2 heterocycles. The van der Waals surface area contributed by atoms with Crippen molar-refractivity contribution >= 4 is 23.2 Å². The SMILES string of the molecule is O=C(NCc1csc(C2CCN(C(=O)c3ccc(F)cc3)CC2)n1)C1CC1. The van der Waals surface area contributed by atoms with Crippen LogP contribution < -0.4 is 5.32 Å². The lowest BCUT2D eigenvalue weighted by Crippen LogP contribution is -2.37. The van der Waals surface area contributed by atoms with Gasteiger partial charge in [0.2, 0.25) is 5.91 Å². The highest BCUT2D eigenvalue weighted by Crippen LogP contribution is 2.31.